The highest BCUT2D eigenvalue weighted by Crippen LogP contribution is 2.41. The summed E-state index contributed by atoms with van der Waals surface area (Å²) in [5, 5.41) is 18.8. The summed E-state index contributed by atoms with van der Waals surface area (Å²) < 4.78 is 18.4. The Morgan fingerprint density at radius 1 is 1.60 bits per heavy atom. The van der Waals surface area contributed by atoms with Crippen LogP contribution in [0, 0.1) is 5.82 Å². The van der Waals surface area contributed by atoms with Crippen LogP contribution in [-0.4, -0.2) is 23.9 Å². The van der Waals surface area contributed by atoms with Crippen molar-refractivity contribution in [3.8, 4) is 11.5 Å². The summed E-state index contributed by atoms with van der Waals surface area (Å²) in [7, 11) is 1.34. The molecule has 0 aliphatic rings. The van der Waals surface area contributed by atoms with Crippen molar-refractivity contribution >= 4 is 15.9 Å². The Morgan fingerprint density at radius 2 is 2.20 bits per heavy atom. The number of rotatable bonds is 3. The van der Waals surface area contributed by atoms with E-state index >= 15 is 0 Å². The standard InChI is InChI=1S/C10H12BrFO3/c1-5(4-13)8-9(11)6(12)3-7(15-2)10(8)14/h3,5,13-14H,4H2,1-2H3. The van der Waals surface area contributed by atoms with E-state index in [1.54, 1.807) is 6.92 Å². The zero-order valence-electron chi connectivity index (χ0n) is 8.42. The molecule has 0 aliphatic heterocycles. The molecule has 0 saturated heterocycles. The molecule has 0 saturated carbocycles. The van der Waals surface area contributed by atoms with Gasteiger partial charge in [-0.1, -0.05) is 6.92 Å². The van der Waals surface area contributed by atoms with Crippen LogP contribution in [0.15, 0.2) is 10.5 Å². The third kappa shape index (κ3) is 2.23. The molecule has 1 rings (SSSR count). The molecule has 0 amide bonds. The Balaban J connectivity index is 3.40. The number of ether oxygens (including phenoxy) is 1. The summed E-state index contributed by atoms with van der Waals surface area (Å²) in [6, 6.07) is 1.09. The van der Waals surface area contributed by atoms with Crippen LogP contribution in [0.3, 0.4) is 0 Å². The van der Waals surface area contributed by atoms with Gasteiger partial charge in [0.15, 0.2) is 11.5 Å². The van der Waals surface area contributed by atoms with E-state index in [2.05, 4.69) is 15.9 Å². The van der Waals surface area contributed by atoms with E-state index in [1.165, 1.54) is 7.11 Å². The summed E-state index contributed by atoms with van der Waals surface area (Å²) in [6.45, 7) is 1.50. The SMILES string of the molecule is COc1cc(F)c(Br)c(C(C)CO)c1O. The molecule has 0 radical (unpaired) electrons. The predicted octanol–water partition coefficient (Wildman–Crippen LogP) is 2.40. The van der Waals surface area contributed by atoms with E-state index in [1.807, 2.05) is 0 Å². The van der Waals surface area contributed by atoms with E-state index in [4.69, 9.17) is 9.84 Å². The third-order valence-corrected chi connectivity index (χ3v) is 2.99. The molecule has 1 aromatic rings. The van der Waals surface area contributed by atoms with Gasteiger partial charge in [0.25, 0.3) is 0 Å². The molecule has 0 aromatic heterocycles. The highest BCUT2D eigenvalue weighted by Gasteiger charge is 2.20. The molecule has 0 fully saturated rings. The van der Waals surface area contributed by atoms with E-state index in [9.17, 15) is 9.50 Å². The van der Waals surface area contributed by atoms with E-state index in [0.29, 0.717) is 5.56 Å². The maximum atomic E-state index is 13.4. The number of aliphatic hydroxyl groups excluding tert-OH is 1. The van der Waals surface area contributed by atoms with E-state index < -0.39 is 5.82 Å². The van der Waals surface area contributed by atoms with Crippen molar-refractivity contribution in [2.45, 2.75) is 12.8 Å². The molecule has 0 bridgehead atoms. The van der Waals surface area contributed by atoms with Gasteiger partial charge in [-0.15, -0.1) is 0 Å². The van der Waals surface area contributed by atoms with Crippen molar-refractivity contribution in [3.05, 3.63) is 21.9 Å². The second-order valence-corrected chi connectivity index (χ2v) is 4.01. The Labute approximate surface area is 95.6 Å². The minimum atomic E-state index is -0.528. The molecule has 3 nitrogen and oxygen atoms in total. The maximum absolute atomic E-state index is 13.4. The summed E-state index contributed by atoms with van der Waals surface area (Å²) in [5.41, 5.74) is 0.314. The second kappa shape index (κ2) is 4.81. The average molecular weight is 279 g/mol. The van der Waals surface area contributed by atoms with Crippen LogP contribution in [0.5, 0.6) is 11.5 Å². The van der Waals surface area contributed by atoms with Gasteiger partial charge in [0.2, 0.25) is 0 Å². The molecule has 0 spiro atoms. The molecule has 0 heterocycles. The Hall–Kier alpha value is -0.810. The van der Waals surface area contributed by atoms with Crippen molar-refractivity contribution in [1.29, 1.82) is 0 Å². The van der Waals surface area contributed by atoms with Gasteiger partial charge >= 0.3 is 0 Å². The van der Waals surface area contributed by atoms with Gasteiger partial charge in [-0.3, -0.25) is 0 Å². The Bertz CT molecular complexity index is 368. The fourth-order valence-corrected chi connectivity index (χ4v) is 2.00. The van der Waals surface area contributed by atoms with Crippen LogP contribution in [-0.2, 0) is 0 Å². The number of methoxy groups -OCH3 is 1. The van der Waals surface area contributed by atoms with Crippen LogP contribution < -0.4 is 4.74 Å². The number of benzene rings is 1. The quantitative estimate of drug-likeness (QED) is 0.893. The first kappa shape index (κ1) is 12.3. The minimum Gasteiger partial charge on any atom is -0.504 e. The molecule has 5 heteroatoms. The maximum Gasteiger partial charge on any atom is 0.163 e. The lowest BCUT2D eigenvalue weighted by Crippen LogP contribution is -2.03. The van der Waals surface area contributed by atoms with Crippen molar-refractivity contribution in [2.24, 2.45) is 0 Å². The number of hydrogen-bond donors (Lipinski definition) is 2. The fraction of sp³-hybridized carbons (Fsp3) is 0.400. The van der Waals surface area contributed by atoms with Gasteiger partial charge in [0.05, 0.1) is 11.6 Å². The average Bonchev–Trinajstić information content (AvgIpc) is 2.23. The van der Waals surface area contributed by atoms with Crippen LogP contribution in [0.4, 0.5) is 4.39 Å². The smallest absolute Gasteiger partial charge is 0.163 e. The number of phenolic OH excluding ortho intramolecular Hbond substituents is 1. The number of halogens is 2. The highest BCUT2D eigenvalue weighted by atomic mass is 79.9. The molecular formula is C10H12BrFO3. The van der Waals surface area contributed by atoms with Crippen LogP contribution in [0.25, 0.3) is 0 Å². The van der Waals surface area contributed by atoms with Crippen LogP contribution >= 0.6 is 15.9 Å². The van der Waals surface area contributed by atoms with Gasteiger partial charge in [0, 0.05) is 24.2 Å². The van der Waals surface area contributed by atoms with Gasteiger partial charge < -0.3 is 14.9 Å². The highest BCUT2D eigenvalue weighted by molar-refractivity contribution is 9.10. The zero-order chi connectivity index (χ0) is 11.6. The summed E-state index contributed by atoms with van der Waals surface area (Å²) in [4.78, 5) is 0. The minimum absolute atomic E-state index is 0.0611. The first-order chi connectivity index (χ1) is 7.02. The second-order valence-electron chi connectivity index (χ2n) is 3.22. The van der Waals surface area contributed by atoms with Crippen molar-refractivity contribution in [1.82, 2.24) is 0 Å². The molecule has 1 unspecified atom stereocenters. The van der Waals surface area contributed by atoms with Crippen LogP contribution in [0.2, 0.25) is 0 Å². The van der Waals surface area contributed by atoms with Gasteiger partial charge in [-0.2, -0.15) is 0 Å². The number of phenols is 1. The molecule has 84 valence electrons. The van der Waals surface area contributed by atoms with Crippen molar-refractivity contribution in [2.75, 3.05) is 13.7 Å². The zero-order valence-corrected chi connectivity index (χ0v) is 10.0. The number of aliphatic hydroxyl groups is 1. The van der Waals surface area contributed by atoms with Crippen molar-refractivity contribution in [3.63, 3.8) is 0 Å². The van der Waals surface area contributed by atoms with Crippen molar-refractivity contribution < 1.29 is 19.3 Å². The first-order valence-corrected chi connectivity index (χ1v) is 5.17. The van der Waals surface area contributed by atoms with Gasteiger partial charge in [-0.05, 0) is 15.9 Å². The molecule has 0 aliphatic carbocycles. The van der Waals surface area contributed by atoms with Gasteiger partial charge in [0.1, 0.15) is 5.82 Å². The topological polar surface area (TPSA) is 49.7 Å². The predicted molar refractivity (Wildman–Crippen MR) is 57.8 cm³/mol. The molecule has 1 atom stereocenters. The summed E-state index contributed by atoms with van der Waals surface area (Å²) >= 11 is 3.03. The van der Waals surface area contributed by atoms with Crippen LogP contribution in [0.1, 0.15) is 18.4 Å². The lowest BCUT2D eigenvalue weighted by molar-refractivity contribution is 0.268. The van der Waals surface area contributed by atoms with E-state index in [-0.39, 0.29) is 28.5 Å². The number of hydrogen-bond acceptors (Lipinski definition) is 3. The summed E-state index contributed by atoms with van der Waals surface area (Å²) in [5.74, 6) is -0.984. The molecule has 2 N–H and O–H groups in total. The lowest BCUT2D eigenvalue weighted by Gasteiger charge is -2.15. The third-order valence-electron chi connectivity index (χ3n) is 2.18. The summed E-state index contributed by atoms with van der Waals surface area (Å²) in [6.07, 6.45) is 0. The normalized spacial score (nSPS) is 12.6. The Kier molecular flexibility index (Phi) is 3.93. The first-order valence-electron chi connectivity index (χ1n) is 4.38. The molecule has 1 aromatic carbocycles. The molecular weight excluding hydrogens is 267 g/mol. The number of aromatic hydroxyl groups is 1. The monoisotopic (exact) mass is 278 g/mol. The Morgan fingerprint density at radius 3 is 2.67 bits per heavy atom. The van der Waals surface area contributed by atoms with Gasteiger partial charge in [-0.25, -0.2) is 4.39 Å². The largest absolute Gasteiger partial charge is 0.504 e. The molecule has 15 heavy (non-hydrogen) atoms. The fourth-order valence-electron chi connectivity index (χ4n) is 1.31. The lowest BCUT2D eigenvalue weighted by atomic mass is 10.0. The van der Waals surface area contributed by atoms with E-state index in [0.717, 1.165) is 6.07 Å².